The van der Waals surface area contributed by atoms with E-state index in [9.17, 15) is 37.5 Å². The van der Waals surface area contributed by atoms with Crippen LogP contribution in [0.4, 0.5) is 18.0 Å². The highest BCUT2D eigenvalue weighted by molar-refractivity contribution is 5.91. The van der Waals surface area contributed by atoms with Gasteiger partial charge in [-0.05, 0) is 55.9 Å². The molecule has 0 radical (unpaired) electrons. The third-order valence-corrected chi connectivity index (χ3v) is 8.23. The highest BCUT2D eigenvalue weighted by atomic mass is 19.4. The lowest BCUT2D eigenvalue weighted by atomic mass is 9.94. The Balaban J connectivity index is 0.00000189. The molecule has 1 saturated carbocycles. The molecule has 1 aromatic rings. The first-order valence-electron chi connectivity index (χ1n) is 18.2. The molecular weight excluding hydrogens is 715 g/mol. The molecule has 54 heavy (non-hydrogen) atoms. The van der Waals surface area contributed by atoms with Crippen molar-refractivity contribution >= 4 is 35.7 Å². The van der Waals surface area contributed by atoms with Crippen molar-refractivity contribution in [2.24, 2.45) is 28.3 Å². The predicted octanol–water partition coefficient (Wildman–Crippen LogP) is 3.23. The molecular formula is C36H58F3N7O8. The number of nitrogens with one attached hydrogen (secondary N) is 4. The molecule has 0 heterocycles. The van der Waals surface area contributed by atoms with Crippen LogP contribution in [0.15, 0.2) is 35.3 Å². The maximum absolute atomic E-state index is 13.7. The van der Waals surface area contributed by atoms with Gasteiger partial charge in [0.25, 0.3) is 0 Å². The first-order chi connectivity index (χ1) is 25.3. The number of carbonyl (C=O) groups excluding carboxylic acids is 4. The zero-order chi connectivity index (χ0) is 40.8. The van der Waals surface area contributed by atoms with Crippen LogP contribution in [0.3, 0.4) is 0 Å². The minimum Gasteiger partial charge on any atom is -0.475 e. The number of carboxylic acids is 1. The number of hydrogen-bond acceptors (Lipinski definition) is 8. The summed E-state index contributed by atoms with van der Waals surface area (Å²) in [6, 6.07) is 6.56. The first kappa shape index (κ1) is 47.4. The monoisotopic (exact) mass is 773 g/mol. The van der Waals surface area contributed by atoms with Crippen LogP contribution in [0, 0.1) is 11.8 Å². The van der Waals surface area contributed by atoms with Crippen molar-refractivity contribution in [3.63, 3.8) is 0 Å². The lowest BCUT2D eigenvalue weighted by Gasteiger charge is -2.30. The predicted molar refractivity (Wildman–Crippen MR) is 196 cm³/mol. The van der Waals surface area contributed by atoms with Gasteiger partial charge in [-0.2, -0.15) is 13.2 Å². The molecule has 306 valence electrons. The number of guanidine groups is 1. The van der Waals surface area contributed by atoms with Crippen LogP contribution in [0.1, 0.15) is 97.5 Å². The zero-order valence-corrected chi connectivity index (χ0v) is 31.5. The Bertz CT molecular complexity index is 1340. The van der Waals surface area contributed by atoms with Gasteiger partial charge in [-0.3, -0.25) is 19.4 Å². The topological polar surface area (TPSA) is 248 Å². The highest BCUT2D eigenvalue weighted by Crippen LogP contribution is 2.19. The number of alkyl carbamates (subject to hydrolysis) is 1. The van der Waals surface area contributed by atoms with Crippen LogP contribution in [-0.4, -0.2) is 88.9 Å². The molecule has 0 saturated heterocycles. The van der Waals surface area contributed by atoms with Crippen molar-refractivity contribution in [1.29, 1.82) is 0 Å². The fraction of sp³-hybridized carbons (Fsp3) is 0.667. The molecule has 1 aliphatic carbocycles. The fourth-order valence-electron chi connectivity index (χ4n) is 5.62. The van der Waals surface area contributed by atoms with Gasteiger partial charge >= 0.3 is 18.2 Å². The van der Waals surface area contributed by atoms with E-state index in [1.807, 2.05) is 58.0 Å². The molecule has 0 bridgehead atoms. The van der Waals surface area contributed by atoms with Crippen molar-refractivity contribution in [2.45, 2.75) is 135 Å². The number of rotatable bonds is 19. The second-order valence-electron chi connectivity index (χ2n) is 14.1. The SMILES string of the molecule is CC(C)C[C@H](NC(=O)[C@H](CCCN=C(N)N)NC(=O)OCc1ccccc1)C(=O)N[C@@H](CC(C)C)[C@@H](O)CC(=O)NC1CCCCC1.O=C(O)C(F)(F)F. The Labute approximate surface area is 314 Å². The summed E-state index contributed by atoms with van der Waals surface area (Å²) in [5.74, 6) is -3.98. The Hall–Kier alpha value is -4.61. The van der Waals surface area contributed by atoms with Crippen LogP contribution < -0.4 is 32.7 Å². The number of nitrogens with zero attached hydrogens (tertiary/aromatic N) is 1. The van der Waals surface area contributed by atoms with Gasteiger partial charge in [0.2, 0.25) is 17.7 Å². The number of amides is 4. The van der Waals surface area contributed by atoms with Gasteiger partial charge in [0.15, 0.2) is 5.96 Å². The van der Waals surface area contributed by atoms with Crippen LogP contribution in [0.5, 0.6) is 0 Å². The molecule has 2 rings (SSSR count). The maximum Gasteiger partial charge on any atom is 0.490 e. The molecule has 1 fully saturated rings. The average molecular weight is 774 g/mol. The zero-order valence-electron chi connectivity index (χ0n) is 31.5. The standard InChI is InChI=1S/C34H57N7O6.C2HF3O2/c1-22(2)18-27(29(42)20-30(43)38-25-14-9-6-10-15-25)39-32(45)28(19-23(3)4)40-31(44)26(16-11-17-37-33(35)36)41-34(46)47-21-24-12-7-5-8-13-24;3-2(4,5)1(6)7/h5,7-8,12-13,22-23,25-29,42H,6,9-11,14-21H2,1-4H3,(H,38,43)(H,39,45)(H,40,44)(H,41,46)(H4,35,36,37);(H,6,7)/t26-,27-,28-,29-;/m0./s1. The number of alkyl halides is 3. The summed E-state index contributed by atoms with van der Waals surface area (Å²) in [5.41, 5.74) is 11.6. The molecule has 0 aromatic heterocycles. The number of carbonyl (C=O) groups is 5. The highest BCUT2D eigenvalue weighted by Gasteiger charge is 2.38. The molecule has 4 amide bonds. The second-order valence-corrected chi connectivity index (χ2v) is 14.1. The van der Waals surface area contributed by atoms with Crippen molar-refractivity contribution < 1.29 is 52.1 Å². The largest absolute Gasteiger partial charge is 0.490 e. The van der Waals surface area contributed by atoms with E-state index in [0.29, 0.717) is 19.3 Å². The summed E-state index contributed by atoms with van der Waals surface area (Å²) in [6.07, 6.45) is -0.631. The van der Waals surface area contributed by atoms with Gasteiger partial charge in [-0.25, -0.2) is 9.59 Å². The fourth-order valence-corrected chi connectivity index (χ4v) is 5.62. The number of aliphatic hydroxyl groups excluding tert-OH is 1. The summed E-state index contributed by atoms with van der Waals surface area (Å²) < 4.78 is 37.1. The van der Waals surface area contributed by atoms with Crippen molar-refractivity contribution in [1.82, 2.24) is 21.3 Å². The van der Waals surface area contributed by atoms with Crippen LogP contribution >= 0.6 is 0 Å². The molecule has 1 aromatic carbocycles. The van der Waals surface area contributed by atoms with Gasteiger partial charge < -0.3 is 47.7 Å². The van der Waals surface area contributed by atoms with Gasteiger partial charge in [0.1, 0.15) is 18.7 Å². The van der Waals surface area contributed by atoms with Crippen LogP contribution in [0.25, 0.3) is 0 Å². The number of aliphatic hydroxyl groups is 1. The van der Waals surface area contributed by atoms with E-state index in [4.69, 9.17) is 26.1 Å². The quantitative estimate of drug-likeness (QED) is 0.0579. The number of benzene rings is 1. The molecule has 10 N–H and O–H groups in total. The molecule has 0 spiro atoms. The summed E-state index contributed by atoms with van der Waals surface area (Å²) in [7, 11) is 0. The Morgan fingerprint density at radius 3 is 2.00 bits per heavy atom. The number of hydrogen-bond donors (Lipinski definition) is 8. The van der Waals surface area contributed by atoms with Gasteiger partial charge in [0.05, 0.1) is 18.6 Å². The van der Waals surface area contributed by atoms with Gasteiger partial charge in [-0.15, -0.1) is 0 Å². The Morgan fingerprint density at radius 2 is 1.46 bits per heavy atom. The lowest BCUT2D eigenvalue weighted by Crippen LogP contribution is -2.57. The van der Waals surface area contributed by atoms with Crippen LogP contribution in [-0.2, 0) is 30.5 Å². The normalized spacial score (nSPS) is 15.4. The van der Waals surface area contributed by atoms with Crippen molar-refractivity contribution in [3.05, 3.63) is 35.9 Å². The summed E-state index contributed by atoms with van der Waals surface area (Å²) in [6.45, 7) is 8.05. The van der Waals surface area contributed by atoms with Crippen molar-refractivity contribution in [2.75, 3.05) is 6.54 Å². The van der Waals surface area contributed by atoms with Gasteiger partial charge in [0, 0.05) is 12.6 Å². The molecule has 4 atom stereocenters. The minimum atomic E-state index is -5.08. The van der Waals surface area contributed by atoms with Gasteiger partial charge in [-0.1, -0.05) is 77.3 Å². The number of nitrogens with two attached hydrogens (primary N) is 2. The smallest absolute Gasteiger partial charge is 0.475 e. The first-order valence-corrected chi connectivity index (χ1v) is 18.2. The Morgan fingerprint density at radius 1 is 0.889 bits per heavy atom. The molecule has 15 nitrogen and oxygen atoms in total. The molecule has 18 heteroatoms. The molecule has 0 aliphatic heterocycles. The minimum absolute atomic E-state index is 0.0195. The van der Waals surface area contributed by atoms with E-state index in [1.54, 1.807) is 0 Å². The molecule has 1 aliphatic rings. The van der Waals surface area contributed by atoms with E-state index >= 15 is 0 Å². The summed E-state index contributed by atoms with van der Waals surface area (Å²) in [4.78, 5) is 65.5. The van der Waals surface area contributed by atoms with Crippen LogP contribution in [0.2, 0.25) is 0 Å². The number of halogens is 3. The summed E-state index contributed by atoms with van der Waals surface area (Å²) >= 11 is 0. The number of carboxylic acid groups (broad SMARTS) is 1. The third-order valence-electron chi connectivity index (χ3n) is 8.23. The number of aliphatic imine (C=N–C) groups is 1. The van der Waals surface area contributed by atoms with E-state index in [1.165, 1.54) is 6.42 Å². The summed E-state index contributed by atoms with van der Waals surface area (Å²) in [5, 5.41) is 29.6. The Kier molecular flexibility index (Phi) is 21.6. The average Bonchev–Trinajstić information content (AvgIpc) is 3.08. The maximum atomic E-state index is 13.7. The van der Waals surface area contributed by atoms with E-state index in [-0.39, 0.29) is 55.7 Å². The van der Waals surface area contributed by atoms with E-state index in [0.717, 1.165) is 31.2 Å². The van der Waals surface area contributed by atoms with E-state index < -0.39 is 54.3 Å². The van der Waals surface area contributed by atoms with E-state index in [2.05, 4.69) is 26.3 Å². The van der Waals surface area contributed by atoms with Crippen molar-refractivity contribution in [3.8, 4) is 0 Å². The molecule has 0 unspecified atom stereocenters. The number of aliphatic carboxylic acids is 1. The third kappa shape index (κ3) is 21.2. The second kappa shape index (κ2) is 24.7. The number of ether oxygens (including phenoxy) is 1. The lowest BCUT2D eigenvalue weighted by molar-refractivity contribution is -0.192.